The first-order valence-electron chi connectivity index (χ1n) is 19.8. The van der Waals surface area contributed by atoms with Gasteiger partial charge >= 0.3 is 0 Å². The molecule has 1 aromatic heterocycles. The zero-order valence-corrected chi connectivity index (χ0v) is 31.8. The quantitative estimate of drug-likeness (QED) is 0.175. The van der Waals surface area contributed by atoms with Gasteiger partial charge in [0.05, 0.1) is 5.69 Å². The van der Waals surface area contributed by atoms with Crippen molar-refractivity contribution in [2.75, 3.05) is 4.90 Å². The van der Waals surface area contributed by atoms with E-state index in [-0.39, 0.29) is 5.41 Å². The van der Waals surface area contributed by atoms with Crippen molar-refractivity contribution in [2.45, 2.75) is 19.3 Å². The second-order valence-corrected chi connectivity index (χ2v) is 16.0. The van der Waals surface area contributed by atoms with E-state index in [1.54, 1.807) is 0 Å². The molecule has 2 aliphatic rings. The molecular formula is C55H37NO. The number of nitrogens with zero attached hydrogens (tertiary/aromatic N) is 1. The van der Waals surface area contributed by atoms with Gasteiger partial charge in [0.15, 0.2) is 0 Å². The van der Waals surface area contributed by atoms with Gasteiger partial charge in [0.1, 0.15) is 11.2 Å². The van der Waals surface area contributed by atoms with Crippen LogP contribution in [0.4, 0.5) is 17.1 Å². The van der Waals surface area contributed by atoms with Gasteiger partial charge in [-0.25, -0.2) is 0 Å². The summed E-state index contributed by atoms with van der Waals surface area (Å²) in [5.74, 6) is 0. The van der Waals surface area contributed by atoms with Gasteiger partial charge in [-0.3, -0.25) is 0 Å². The Hall–Kier alpha value is -7.16. The second-order valence-electron chi connectivity index (χ2n) is 16.0. The van der Waals surface area contributed by atoms with Crippen LogP contribution in [0.1, 0.15) is 25.0 Å². The Morgan fingerprint density at radius 2 is 1.00 bits per heavy atom. The zero-order chi connectivity index (χ0) is 37.8. The number of benzene rings is 9. The maximum absolute atomic E-state index is 6.86. The molecular weight excluding hydrogens is 691 g/mol. The normalized spacial score (nSPS) is 13.2. The summed E-state index contributed by atoms with van der Waals surface area (Å²) in [6.45, 7) is 4.70. The Labute approximate surface area is 331 Å². The van der Waals surface area contributed by atoms with Crippen LogP contribution in [0.5, 0.6) is 0 Å². The average molecular weight is 728 g/mol. The van der Waals surface area contributed by atoms with Gasteiger partial charge in [-0.15, -0.1) is 0 Å². The van der Waals surface area contributed by atoms with Crippen LogP contribution in [0, 0.1) is 0 Å². The van der Waals surface area contributed by atoms with Gasteiger partial charge in [0.25, 0.3) is 0 Å². The van der Waals surface area contributed by atoms with E-state index in [0.717, 1.165) is 38.9 Å². The summed E-state index contributed by atoms with van der Waals surface area (Å²) in [7, 11) is 0. The number of furan rings is 1. The smallest absolute Gasteiger partial charge is 0.143 e. The lowest BCUT2D eigenvalue weighted by molar-refractivity contribution is 0.660. The van der Waals surface area contributed by atoms with Crippen LogP contribution in [0.3, 0.4) is 0 Å². The average Bonchev–Trinajstić information content (AvgIpc) is 3.88. The SMILES string of the molecule is CC1(C)c2ccccc2-c2c(N(c3ccc(-c4ccccc4)cc3)c3ccc4oc5c(-c6ccc7c8c(cccc68)-c6ccccc6-7)cccc5c4c3)cccc21. The molecule has 2 nitrogen and oxygen atoms in total. The van der Waals surface area contributed by atoms with Crippen LogP contribution in [0.15, 0.2) is 192 Å². The van der Waals surface area contributed by atoms with Crippen molar-refractivity contribution in [3.63, 3.8) is 0 Å². The van der Waals surface area contributed by atoms with Gasteiger partial charge in [0.2, 0.25) is 0 Å². The molecule has 2 aliphatic carbocycles. The molecule has 0 saturated heterocycles. The molecule has 0 spiro atoms. The Bertz CT molecular complexity index is 3230. The fourth-order valence-electron chi connectivity index (χ4n) is 9.96. The van der Waals surface area contributed by atoms with E-state index in [2.05, 4.69) is 207 Å². The van der Waals surface area contributed by atoms with Gasteiger partial charge in [0, 0.05) is 38.7 Å². The fourth-order valence-corrected chi connectivity index (χ4v) is 9.96. The lowest BCUT2D eigenvalue weighted by Gasteiger charge is -2.29. The summed E-state index contributed by atoms with van der Waals surface area (Å²) in [5, 5.41) is 4.78. The van der Waals surface area contributed by atoms with E-state index < -0.39 is 0 Å². The topological polar surface area (TPSA) is 16.4 Å². The first-order valence-corrected chi connectivity index (χ1v) is 19.8. The number of anilines is 3. The molecule has 0 N–H and O–H groups in total. The van der Waals surface area contributed by atoms with Crippen LogP contribution in [-0.4, -0.2) is 0 Å². The summed E-state index contributed by atoms with van der Waals surface area (Å²) >= 11 is 0. The first-order chi connectivity index (χ1) is 28.0. The highest BCUT2D eigenvalue weighted by Gasteiger charge is 2.37. The fraction of sp³-hybridized carbons (Fsp3) is 0.0545. The molecule has 0 fully saturated rings. The molecule has 1 heterocycles. The summed E-state index contributed by atoms with van der Waals surface area (Å²) in [4.78, 5) is 2.44. The van der Waals surface area contributed by atoms with Gasteiger partial charge in [-0.2, -0.15) is 0 Å². The number of hydrogen-bond donors (Lipinski definition) is 0. The molecule has 0 aliphatic heterocycles. The highest BCUT2D eigenvalue weighted by molar-refractivity contribution is 6.21. The van der Waals surface area contributed by atoms with Crippen LogP contribution >= 0.6 is 0 Å². The van der Waals surface area contributed by atoms with Crippen LogP contribution < -0.4 is 4.90 Å². The van der Waals surface area contributed by atoms with Crippen LogP contribution in [0.25, 0.3) is 88.3 Å². The van der Waals surface area contributed by atoms with Crippen molar-refractivity contribution in [3.05, 3.63) is 199 Å². The van der Waals surface area contributed by atoms with Gasteiger partial charge in [-0.1, -0.05) is 166 Å². The minimum atomic E-state index is -0.114. The van der Waals surface area contributed by atoms with Crippen molar-refractivity contribution in [2.24, 2.45) is 0 Å². The third kappa shape index (κ3) is 4.59. The molecule has 0 atom stereocenters. The summed E-state index contributed by atoms with van der Waals surface area (Å²) in [6.07, 6.45) is 0. The molecule has 2 heteroatoms. The van der Waals surface area contributed by atoms with Crippen molar-refractivity contribution < 1.29 is 4.42 Å². The number of fused-ring (bicyclic) bond motifs is 9. The maximum Gasteiger partial charge on any atom is 0.143 e. The predicted molar refractivity (Wildman–Crippen MR) is 239 cm³/mol. The Balaban J connectivity index is 1.05. The van der Waals surface area contributed by atoms with E-state index in [1.165, 1.54) is 77.7 Å². The van der Waals surface area contributed by atoms with E-state index in [1.807, 2.05) is 0 Å². The molecule has 9 aromatic carbocycles. The zero-order valence-electron chi connectivity index (χ0n) is 31.8. The molecule has 0 bridgehead atoms. The summed E-state index contributed by atoms with van der Waals surface area (Å²) < 4.78 is 6.86. The van der Waals surface area contributed by atoms with E-state index in [4.69, 9.17) is 4.42 Å². The standard InChI is InChI=1S/C55H37NO/c1-55(2)48-22-9-8-17-46(48)53-49(55)23-12-24-50(53)56(36-27-25-35(26-28-36)34-13-4-3-5-14-34)37-29-32-51-47(33-37)45-21-11-20-44(54(45)57-51)40-30-31-43-39-16-7-6-15-38(39)41-18-10-19-42(40)52(41)43/h3-33H,1-2H3. The van der Waals surface area contributed by atoms with Gasteiger partial charge < -0.3 is 9.32 Å². The number of hydrogen-bond acceptors (Lipinski definition) is 2. The molecule has 268 valence electrons. The highest BCUT2D eigenvalue weighted by Crippen LogP contribution is 2.55. The molecule has 0 saturated carbocycles. The lowest BCUT2D eigenvalue weighted by atomic mass is 9.82. The first kappa shape index (κ1) is 32.1. The second kappa shape index (κ2) is 11.9. The minimum Gasteiger partial charge on any atom is -0.455 e. The summed E-state index contributed by atoms with van der Waals surface area (Å²) in [6, 6.07) is 68.7. The third-order valence-corrected chi connectivity index (χ3v) is 12.6. The van der Waals surface area contributed by atoms with Crippen molar-refractivity contribution in [1.82, 2.24) is 0 Å². The van der Waals surface area contributed by atoms with Crippen molar-refractivity contribution in [3.8, 4) is 55.6 Å². The molecule has 0 unspecified atom stereocenters. The van der Waals surface area contributed by atoms with Crippen molar-refractivity contribution >= 4 is 49.8 Å². The predicted octanol–water partition coefficient (Wildman–Crippen LogP) is 15.5. The van der Waals surface area contributed by atoms with Crippen LogP contribution in [0.2, 0.25) is 0 Å². The number of para-hydroxylation sites is 1. The van der Waals surface area contributed by atoms with E-state index >= 15 is 0 Å². The molecule has 12 rings (SSSR count). The molecule has 0 radical (unpaired) electrons. The third-order valence-electron chi connectivity index (χ3n) is 12.6. The van der Waals surface area contributed by atoms with E-state index in [0.29, 0.717) is 0 Å². The number of rotatable bonds is 5. The van der Waals surface area contributed by atoms with Crippen molar-refractivity contribution in [1.29, 1.82) is 0 Å². The van der Waals surface area contributed by atoms with Crippen LogP contribution in [-0.2, 0) is 5.41 Å². The monoisotopic (exact) mass is 727 g/mol. The summed E-state index contributed by atoms with van der Waals surface area (Å²) in [5.41, 5.74) is 20.2. The van der Waals surface area contributed by atoms with Gasteiger partial charge in [-0.05, 0) is 103 Å². The molecule has 0 amide bonds. The Morgan fingerprint density at radius 1 is 0.404 bits per heavy atom. The maximum atomic E-state index is 6.86. The Kier molecular flexibility index (Phi) is 6.72. The molecule has 57 heavy (non-hydrogen) atoms. The largest absolute Gasteiger partial charge is 0.455 e. The highest BCUT2D eigenvalue weighted by atomic mass is 16.3. The Morgan fingerprint density at radius 3 is 1.81 bits per heavy atom. The molecule has 10 aromatic rings. The minimum absolute atomic E-state index is 0.114. The van der Waals surface area contributed by atoms with E-state index in [9.17, 15) is 0 Å². The lowest BCUT2D eigenvalue weighted by Crippen LogP contribution is -2.16.